The Bertz CT molecular complexity index is 935. The van der Waals surface area contributed by atoms with E-state index in [2.05, 4.69) is 0 Å². The van der Waals surface area contributed by atoms with Crippen LogP contribution in [0.15, 0.2) is 60.7 Å². The molecule has 4 rings (SSSR count). The largest absolute Gasteiger partial charge is 0.493 e. The highest BCUT2D eigenvalue weighted by Crippen LogP contribution is 2.21. The molecule has 2 aliphatic heterocycles. The van der Waals surface area contributed by atoms with Gasteiger partial charge in [0.05, 0.1) is 6.61 Å². The minimum absolute atomic E-state index is 0.0488. The van der Waals surface area contributed by atoms with Gasteiger partial charge in [-0.25, -0.2) is 0 Å². The second kappa shape index (κ2) is 11.0. The Labute approximate surface area is 190 Å². The van der Waals surface area contributed by atoms with Crippen LogP contribution in [0.4, 0.5) is 0 Å². The summed E-state index contributed by atoms with van der Waals surface area (Å²) in [5.74, 6) is 1.15. The topological polar surface area (TPSA) is 49.9 Å². The van der Waals surface area contributed by atoms with Crippen molar-refractivity contribution in [1.29, 1.82) is 0 Å². The molecule has 2 fully saturated rings. The number of carbonyl (C=O) groups is 2. The molecule has 0 N–H and O–H groups in total. The van der Waals surface area contributed by atoms with Gasteiger partial charge in [0.25, 0.3) is 5.91 Å². The van der Waals surface area contributed by atoms with Crippen molar-refractivity contribution in [2.24, 2.45) is 5.92 Å². The van der Waals surface area contributed by atoms with E-state index in [1.807, 2.05) is 70.5 Å². The number of piperidine rings is 2. The molecule has 1 atom stereocenters. The number of hydrogen-bond donors (Lipinski definition) is 0. The molecule has 0 spiro atoms. The first-order chi connectivity index (χ1) is 15.7. The monoisotopic (exact) mass is 432 g/mol. The standard InChI is InChI=1S/C27H32N2O3/c30-26(15-14-22-9-3-1-4-10-22)29-18-8-11-23(20-29)21-32-25-13-7-12-24(19-25)27(31)28-16-5-2-6-17-28/h1,3-4,7,9-10,12-15,19,23H,2,5-6,8,11,16-18,20-21H2/b15-14+/t23-/m1/s1. The first-order valence-corrected chi connectivity index (χ1v) is 11.7. The van der Waals surface area contributed by atoms with Gasteiger partial charge in [-0.05, 0) is 61.9 Å². The summed E-state index contributed by atoms with van der Waals surface area (Å²) in [6, 6.07) is 17.4. The van der Waals surface area contributed by atoms with E-state index in [0.29, 0.717) is 24.6 Å². The van der Waals surface area contributed by atoms with Crippen LogP contribution in [0.3, 0.4) is 0 Å². The first-order valence-electron chi connectivity index (χ1n) is 11.7. The Morgan fingerprint density at radius 3 is 2.50 bits per heavy atom. The minimum atomic E-state index is 0.0488. The zero-order chi connectivity index (χ0) is 22.2. The van der Waals surface area contributed by atoms with Crippen molar-refractivity contribution in [2.45, 2.75) is 32.1 Å². The Morgan fingerprint density at radius 2 is 1.69 bits per heavy atom. The van der Waals surface area contributed by atoms with Crippen LogP contribution in [0, 0.1) is 5.92 Å². The lowest BCUT2D eigenvalue weighted by Gasteiger charge is -2.32. The maximum absolute atomic E-state index is 12.8. The molecule has 2 aromatic rings. The Kier molecular flexibility index (Phi) is 7.59. The molecule has 2 aliphatic rings. The van der Waals surface area contributed by atoms with Crippen molar-refractivity contribution in [3.8, 4) is 5.75 Å². The molecule has 2 amide bonds. The molecule has 5 nitrogen and oxygen atoms in total. The number of likely N-dealkylation sites (tertiary alicyclic amines) is 2. The number of amides is 2. The average Bonchev–Trinajstić information content (AvgIpc) is 2.87. The summed E-state index contributed by atoms with van der Waals surface area (Å²) in [7, 11) is 0. The van der Waals surface area contributed by atoms with Gasteiger partial charge in [0.1, 0.15) is 5.75 Å². The fourth-order valence-electron chi connectivity index (χ4n) is 4.45. The van der Waals surface area contributed by atoms with Gasteiger partial charge in [0.2, 0.25) is 5.91 Å². The van der Waals surface area contributed by atoms with Gasteiger partial charge in [0.15, 0.2) is 0 Å². The second-order valence-corrected chi connectivity index (χ2v) is 8.73. The maximum Gasteiger partial charge on any atom is 0.253 e. The fourth-order valence-corrected chi connectivity index (χ4v) is 4.45. The van der Waals surface area contributed by atoms with Crippen molar-refractivity contribution >= 4 is 17.9 Å². The van der Waals surface area contributed by atoms with Crippen LogP contribution in [-0.4, -0.2) is 54.4 Å². The molecule has 0 radical (unpaired) electrons. The summed E-state index contributed by atoms with van der Waals surface area (Å²) in [5, 5.41) is 0. The predicted molar refractivity (Wildman–Crippen MR) is 126 cm³/mol. The van der Waals surface area contributed by atoms with Gasteiger partial charge in [-0.15, -0.1) is 0 Å². The van der Waals surface area contributed by atoms with E-state index >= 15 is 0 Å². The smallest absolute Gasteiger partial charge is 0.253 e. The molecular weight excluding hydrogens is 400 g/mol. The molecule has 2 saturated heterocycles. The molecule has 0 bridgehead atoms. The van der Waals surface area contributed by atoms with Crippen LogP contribution in [0.2, 0.25) is 0 Å². The van der Waals surface area contributed by atoms with Crippen molar-refractivity contribution in [3.63, 3.8) is 0 Å². The lowest BCUT2D eigenvalue weighted by Crippen LogP contribution is -2.40. The molecule has 0 unspecified atom stereocenters. The van der Waals surface area contributed by atoms with E-state index in [4.69, 9.17) is 4.74 Å². The minimum Gasteiger partial charge on any atom is -0.493 e. The van der Waals surface area contributed by atoms with Crippen molar-refractivity contribution < 1.29 is 14.3 Å². The van der Waals surface area contributed by atoms with Crippen LogP contribution < -0.4 is 4.74 Å². The SMILES string of the molecule is O=C(/C=C/c1ccccc1)N1CCC[C@@H](COc2cccc(C(=O)N3CCCCC3)c2)C1. The van der Waals surface area contributed by atoms with Crippen LogP contribution in [0.5, 0.6) is 5.75 Å². The highest BCUT2D eigenvalue weighted by molar-refractivity contribution is 5.94. The zero-order valence-corrected chi connectivity index (χ0v) is 18.6. The van der Waals surface area contributed by atoms with Crippen molar-refractivity contribution in [2.75, 3.05) is 32.8 Å². The lowest BCUT2D eigenvalue weighted by molar-refractivity contribution is -0.127. The van der Waals surface area contributed by atoms with Crippen molar-refractivity contribution in [1.82, 2.24) is 9.80 Å². The summed E-state index contributed by atoms with van der Waals surface area (Å²) in [6.07, 6.45) is 8.92. The molecule has 0 aliphatic carbocycles. The number of carbonyl (C=O) groups excluding carboxylic acids is 2. The van der Waals surface area contributed by atoms with E-state index < -0.39 is 0 Å². The summed E-state index contributed by atoms with van der Waals surface area (Å²) in [4.78, 5) is 29.2. The number of rotatable bonds is 6. The molecule has 32 heavy (non-hydrogen) atoms. The quantitative estimate of drug-likeness (QED) is 0.625. The summed E-state index contributed by atoms with van der Waals surface area (Å²) >= 11 is 0. The van der Waals surface area contributed by atoms with Crippen molar-refractivity contribution in [3.05, 3.63) is 71.8 Å². The third kappa shape index (κ3) is 6.00. The molecular formula is C27H32N2O3. The van der Waals surface area contributed by atoms with Gasteiger partial charge < -0.3 is 14.5 Å². The van der Waals surface area contributed by atoms with Crippen LogP contribution in [0.1, 0.15) is 48.0 Å². The first kappa shape index (κ1) is 22.1. The molecule has 2 heterocycles. The number of hydrogen-bond acceptors (Lipinski definition) is 3. The Hall–Kier alpha value is -3.08. The molecule has 0 aromatic heterocycles. The van der Waals surface area contributed by atoms with Gasteiger partial charge >= 0.3 is 0 Å². The molecule has 168 valence electrons. The third-order valence-electron chi connectivity index (χ3n) is 6.26. The van der Waals surface area contributed by atoms with Gasteiger partial charge in [0, 0.05) is 43.7 Å². The highest BCUT2D eigenvalue weighted by Gasteiger charge is 2.23. The van der Waals surface area contributed by atoms with Crippen LogP contribution in [-0.2, 0) is 4.79 Å². The predicted octanol–water partition coefficient (Wildman–Crippen LogP) is 4.64. The number of ether oxygens (including phenoxy) is 1. The Morgan fingerprint density at radius 1 is 0.906 bits per heavy atom. The number of nitrogens with zero attached hydrogens (tertiary/aromatic N) is 2. The van der Waals surface area contributed by atoms with E-state index in [1.165, 1.54) is 6.42 Å². The molecule has 0 saturated carbocycles. The van der Waals surface area contributed by atoms with Gasteiger partial charge in [-0.1, -0.05) is 36.4 Å². The summed E-state index contributed by atoms with van der Waals surface area (Å²) < 4.78 is 6.05. The van der Waals surface area contributed by atoms with Gasteiger partial charge in [-0.3, -0.25) is 9.59 Å². The number of benzene rings is 2. The summed E-state index contributed by atoms with van der Waals surface area (Å²) in [6.45, 7) is 3.72. The van der Waals surface area contributed by atoms with E-state index in [0.717, 1.165) is 56.6 Å². The van der Waals surface area contributed by atoms with E-state index in [-0.39, 0.29) is 11.8 Å². The van der Waals surface area contributed by atoms with Gasteiger partial charge in [-0.2, -0.15) is 0 Å². The van der Waals surface area contributed by atoms with Crippen LogP contribution in [0.25, 0.3) is 6.08 Å². The molecule has 2 aromatic carbocycles. The van der Waals surface area contributed by atoms with E-state index in [1.54, 1.807) is 6.08 Å². The summed E-state index contributed by atoms with van der Waals surface area (Å²) in [5.41, 5.74) is 1.72. The Balaban J connectivity index is 1.29. The third-order valence-corrected chi connectivity index (χ3v) is 6.26. The second-order valence-electron chi connectivity index (χ2n) is 8.73. The molecule has 5 heteroatoms. The zero-order valence-electron chi connectivity index (χ0n) is 18.6. The van der Waals surface area contributed by atoms with E-state index in [9.17, 15) is 9.59 Å². The normalized spacial score (nSPS) is 19.2. The highest BCUT2D eigenvalue weighted by atomic mass is 16.5. The lowest BCUT2D eigenvalue weighted by atomic mass is 9.99. The van der Waals surface area contributed by atoms with Crippen LogP contribution >= 0.6 is 0 Å². The average molecular weight is 433 g/mol. The fraction of sp³-hybridized carbons (Fsp3) is 0.407. The maximum atomic E-state index is 12.8.